The van der Waals surface area contributed by atoms with Gasteiger partial charge in [-0.2, -0.15) is 0 Å². The molecule has 0 bridgehead atoms. The number of aromatic nitrogens is 2. The first-order chi connectivity index (χ1) is 11.9. The van der Waals surface area contributed by atoms with Gasteiger partial charge >= 0.3 is 0 Å². The molecule has 3 atom stereocenters. The fourth-order valence-electron chi connectivity index (χ4n) is 2.61. The van der Waals surface area contributed by atoms with E-state index < -0.39 is 11.6 Å². The van der Waals surface area contributed by atoms with E-state index in [4.69, 9.17) is 17.3 Å². The molecule has 1 fully saturated rings. The molecule has 4 nitrogen and oxygen atoms in total. The second-order valence-electron chi connectivity index (χ2n) is 5.87. The SMILES string of the molecule is CCCSc1nc(Cl)c(N)c(N(P)[C@@H]2C[C@H]2c2ccc(F)c(F)c2)n1. The molecule has 1 aromatic heterocycles. The topological polar surface area (TPSA) is 55.0 Å². The van der Waals surface area contributed by atoms with E-state index in [0.717, 1.165) is 30.2 Å². The van der Waals surface area contributed by atoms with Crippen LogP contribution in [-0.4, -0.2) is 21.8 Å². The van der Waals surface area contributed by atoms with Gasteiger partial charge in [0.2, 0.25) is 0 Å². The van der Waals surface area contributed by atoms with Crippen molar-refractivity contribution in [3.05, 3.63) is 40.6 Å². The molecule has 0 radical (unpaired) electrons. The molecule has 25 heavy (non-hydrogen) atoms. The van der Waals surface area contributed by atoms with Crippen molar-refractivity contribution in [2.75, 3.05) is 16.2 Å². The van der Waals surface area contributed by atoms with Gasteiger partial charge in [0, 0.05) is 17.7 Å². The van der Waals surface area contributed by atoms with Crippen LogP contribution in [0.1, 0.15) is 31.2 Å². The van der Waals surface area contributed by atoms with E-state index in [2.05, 4.69) is 26.3 Å². The van der Waals surface area contributed by atoms with Crippen LogP contribution in [0.25, 0.3) is 0 Å². The van der Waals surface area contributed by atoms with E-state index in [1.807, 2.05) is 4.67 Å². The average molecular weight is 403 g/mol. The molecule has 2 N–H and O–H groups in total. The number of rotatable bonds is 6. The van der Waals surface area contributed by atoms with Crippen molar-refractivity contribution in [3.63, 3.8) is 0 Å². The first kappa shape index (κ1) is 18.6. The smallest absolute Gasteiger partial charge is 0.191 e. The van der Waals surface area contributed by atoms with Gasteiger partial charge in [-0.15, -0.1) is 0 Å². The van der Waals surface area contributed by atoms with Crippen LogP contribution >= 0.6 is 32.8 Å². The van der Waals surface area contributed by atoms with Crippen molar-refractivity contribution < 1.29 is 8.78 Å². The van der Waals surface area contributed by atoms with Gasteiger partial charge in [0.05, 0.1) is 0 Å². The highest BCUT2D eigenvalue weighted by molar-refractivity contribution is 7.99. The second kappa shape index (κ2) is 7.60. The number of nitrogens with two attached hydrogens (primary N) is 1. The maximum absolute atomic E-state index is 13.5. The van der Waals surface area contributed by atoms with Gasteiger partial charge in [-0.05, 0) is 39.9 Å². The first-order valence-corrected chi connectivity index (χ1v) is 9.75. The van der Waals surface area contributed by atoms with E-state index in [0.29, 0.717) is 16.7 Å². The molecule has 134 valence electrons. The number of nitrogens with zero attached hydrogens (tertiary/aromatic N) is 3. The fraction of sp³-hybridized carbons (Fsp3) is 0.375. The zero-order valence-electron chi connectivity index (χ0n) is 13.5. The molecule has 2 aromatic rings. The number of hydrogen-bond donors (Lipinski definition) is 1. The lowest BCUT2D eigenvalue weighted by Gasteiger charge is -2.21. The average Bonchev–Trinajstić information content (AvgIpc) is 3.38. The van der Waals surface area contributed by atoms with Crippen molar-refractivity contribution in [2.24, 2.45) is 0 Å². The number of nitrogen functional groups attached to an aromatic ring is 1. The Morgan fingerprint density at radius 2 is 2.12 bits per heavy atom. The van der Waals surface area contributed by atoms with Crippen LogP contribution in [0, 0.1) is 11.6 Å². The normalized spacial score (nSPS) is 19.1. The summed E-state index contributed by atoms with van der Waals surface area (Å²) in [5.74, 6) is -0.155. The molecule has 9 heteroatoms. The highest BCUT2D eigenvalue weighted by Gasteiger charge is 2.43. The lowest BCUT2D eigenvalue weighted by molar-refractivity contribution is 0.507. The minimum absolute atomic E-state index is 0.0761. The number of benzene rings is 1. The Morgan fingerprint density at radius 1 is 1.36 bits per heavy atom. The van der Waals surface area contributed by atoms with Crippen LogP contribution in [0.4, 0.5) is 20.3 Å². The summed E-state index contributed by atoms with van der Waals surface area (Å²) in [6.07, 6.45) is 1.80. The highest BCUT2D eigenvalue weighted by atomic mass is 35.5. The van der Waals surface area contributed by atoms with Crippen LogP contribution in [0.15, 0.2) is 23.4 Å². The minimum atomic E-state index is -0.840. The molecule has 0 saturated heterocycles. The summed E-state index contributed by atoms with van der Waals surface area (Å²) in [6, 6.07) is 4.09. The van der Waals surface area contributed by atoms with Crippen LogP contribution in [0.2, 0.25) is 5.15 Å². The summed E-state index contributed by atoms with van der Waals surface area (Å²) in [7, 11) is 2.60. The van der Waals surface area contributed by atoms with E-state index in [1.165, 1.54) is 17.8 Å². The Kier molecular flexibility index (Phi) is 5.66. The molecule has 1 saturated carbocycles. The Labute approximate surface area is 156 Å². The number of thioether (sulfide) groups is 1. The Balaban J connectivity index is 1.80. The van der Waals surface area contributed by atoms with E-state index in [1.54, 1.807) is 6.07 Å². The Bertz CT molecular complexity index is 795. The van der Waals surface area contributed by atoms with Crippen LogP contribution in [-0.2, 0) is 0 Å². The highest BCUT2D eigenvalue weighted by Crippen LogP contribution is 2.49. The fourth-order valence-corrected chi connectivity index (χ4v) is 4.05. The summed E-state index contributed by atoms with van der Waals surface area (Å²) >= 11 is 7.66. The molecule has 1 aromatic carbocycles. The van der Waals surface area contributed by atoms with Crippen molar-refractivity contribution in [2.45, 2.75) is 36.9 Å². The molecule has 1 aliphatic rings. The predicted molar refractivity (Wildman–Crippen MR) is 102 cm³/mol. The first-order valence-electron chi connectivity index (χ1n) is 7.87. The monoisotopic (exact) mass is 402 g/mol. The maximum atomic E-state index is 13.5. The zero-order valence-corrected chi connectivity index (χ0v) is 16.3. The Hall–Kier alpha value is -1.17. The van der Waals surface area contributed by atoms with Gasteiger partial charge in [0.15, 0.2) is 27.8 Å². The van der Waals surface area contributed by atoms with Gasteiger partial charge in [0.1, 0.15) is 5.69 Å². The van der Waals surface area contributed by atoms with E-state index >= 15 is 0 Å². The molecular weight excluding hydrogens is 385 g/mol. The summed E-state index contributed by atoms with van der Waals surface area (Å²) < 4.78 is 28.4. The van der Waals surface area contributed by atoms with Crippen molar-refractivity contribution in [1.29, 1.82) is 0 Å². The predicted octanol–water partition coefficient (Wildman–Crippen LogP) is 4.65. The molecule has 1 unspecified atom stereocenters. The van der Waals surface area contributed by atoms with Crippen molar-refractivity contribution in [3.8, 4) is 0 Å². The lowest BCUT2D eigenvalue weighted by Crippen LogP contribution is -2.18. The molecule has 1 aliphatic carbocycles. The summed E-state index contributed by atoms with van der Waals surface area (Å²) in [5.41, 5.74) is 7.12. The number of hydrogen-bond acceptors (Lipinski definition) is 5. The van der Waals surface area contributed by atoms with Gasteiger partial charge < -0.3 is 10.4 Å². The van der Waals surface area contributed by atoms with Gasteiger partial charge in [-0.1, -0.05) is 36.4 Å². The summed E-state index contributed by atoms with van der Waals surface area (Å²) in [6.45, 7) is 2.07. The zero-order chi connectivity index (χ0) is 18.1. The summed E-state index contributed by atoms with van der Waals surface area (Å²) in [5, 5.41) is 0.801. The van der Waals surface area contributed by atoms with E-state index in [9.17, 15) is 8.78 Å². The molecule has 1 heterocycles. The third-order valence-electron chi connectivity index (χ3n) is 4.02. The maximum Gasteiger partial charge on any atom is 0.191 e. The summed E-state index contributed by atoms with van der Waals surface area (Å²) in [4.78, 5) is 8.70. The van der Waals surface area contributed by atoms with Gasteiger partial charge in [-0.3, -0.25) is 0 Å². The van der Waals surface area contributed by atoms with Gasteiger partial charge in [0.25, 0.3) is 0 Å². The molecular formula is C16H18ClF2N4PS. The lowest BCUT2D eigenvalue weighted by atomic mass is 10.1. The minimum Gasteiger partial charge on any atom is -0.393 e. The molecule has 3 rings (SSSR count). The van der Waals surface area contributed by atoms with Crippen molar-refractivity contribution >= 4 is 44.3 Å². The Morgan fingerprint density at radius 3 is 2.80 bits per heavy atom. The third kappa shape index (κ3) is 3.99. The van der Waals surface area contributed by atoms with Crippen LogP contribution < -0.4 is 10.4 Å². The van der Waals surface area contributed by atoms with E-state index in [-0.39, 0.29) is 17.1 Å². The molecule has 0 aliphatic heterocycles. The van der Waals surface area contributed by atoms with Gasteiger partial charge in [-0.25, -0.2) is 18.7 Å². The quantitative estimate of drug-likeness (QED) is 0.330. The van der Waals surface area contributed by atoms with Crippen molar-refractivity contribution in [1.82, 2.24) is 9.97 Å². The van der Waals surface area contributed by atoms with Crippen LogP contribution in [0.3, 0.4) is 0 Å². The number of anilines is 2. The molecule has 0 spiro atoms. The number of halogens is 3. The third-order valence-corrected chi connectivity index (χ3v) is 5.99. The molecule has 0 amide bonds. The largest absolute Gasteiger partial charge is 0.393 e. The standard InChI is InChI=1S/C16H18ClF2N4PS/c1-2-5-25-16-21-14(17)13(20)15(22-16)23(24)12-7-9(12)8-3-4-10(18)11(19)6-8/h3-4,6,9,12H,2,5,7,20,24H2,1H3/t9-,12+/m0/s1. The van der Waals surface area contributed by atoms with Crippen LogP contribution in [0.5, 0.6) is 0 Å². The second-order valence-corrected chi connectivity index (χ2v) is 7.85.